The van der Waals surface area contributed by atoms with E-state index in [1.807, 2.05) is 39.0 Å². The number of nitrogens with zero attached hydrogens (tertiary/aromatic N) is 2. The Morgan fingerprint density at radius 3 is 2.15 bits per heavy atom. The van der Waals surface area contributed by atoms with Crippen molar-refractivity contribution in [3.8, 4) is 16.9 Å². The van der Waals surface area contributed by atoms with E-state index in [9.17, 15) is 14.4 Å². The second-order valence-corrected chi connectivity index (χ2v) is 21.2. The van der Waals surface area contributed by atoms with E-state index in [-0.39, 0.29) is 23.6 Å². The molecule has 1 aliphatic rings. The van der Waals surface area contributed by atoms with Gasteiger partial charge in [-0.1, -0.05) is 63.6 Å². The lowest BCUT2D eigenvalue weighted by molar-refractivity contribution is -0.114. The average molecular weight is 746 g/mol. The Hall–Kier alpha value is -4.22. The topological polar surface area (TPSA) is 116 Å². The number of hydrogen-bond acceptors (Lipinski definition) is 8. The van der Waals surface area contributed by atoms with E-state index in [4.69, 9.17) is 18.6 Å². The lowest BCUT2D eigenvalue weighted by Crippen LogP contribution is -2.46. The molecule has 0 saturated heterocycles. The molecule has 1 atom stereocenters. The van der Waals surface area contributed by atoms with E-state index in [0.717, 1.165) is 47.9 Å². The third-order valence-electron chi connectivity index (χ3n) is 9.93. The third-order valence-corrected chi connectivity index (χ3v) is 14.4. The number of carbonyl (C=O) groups excluding carboxylic acids is 3. The second-order valence-electron chi connectivity index (χ2n) is 16.5. The largest absolute Gasteiger partial charge is 0.490 e. The number of rotatable bonds is 13. The summed E-state index contributed by atoms with van der Waals surface area (Å²) in [4.78, 5) is 44.1. The summed E-state index contributed by atoms with van der Waals surface area (Å²) in [6.45, 7) is 18.6. The number of nitrogens with one attached hydrogen (secondary N) is 1. The Morgan fingerprint density at radius 1 is 0.925 bits per heavy atom. The van der Waals surface area contributed by atoms with Gasteiger partial charge in [0, 0.05) is 19.7 Å². The smallest absolute Gasteiger partial charge is 0.410 e. The minimum atomic E-state index is -2.30. The summed E-state index contributed by atoms with van der Waals surface area (Å²) in [6, 6.07) is 17.5. The van der Waals surface area contributed by atoms with Crippen molar-refractivity contribution < 1.29 is 33.0 Å². The number of aromatic nitrogens is 1. The van der Waals surface area contributed by atoms with Crippen LogP contribution in [0.2, 0.25) is 18.1 Å². The predicted molar refractivity (Wildman–Crippen MR) is 212 cm³/mol. The summed E-state index contributed by atoms with van der Waals surface area (Å²) < 4.78 is 24.3. The molecule has 4 rings (SSSR count). The molecule has 11 heteroatoms. The van der Waals surface area contributed by atoms with Crippen LogP contribution in [-0.2, 0) is 25.1 Å². The van der Waals surface area contributed by atoms with E-state index in [0.29, 0.717) is 30.1 Å². The molecule has 2 amide bonds. The van der Waals surface area contributed by atoms with Crippen LogP contribution >= 0.6 is 0 Å². The fourth-order valence-electron chi connectivity index (χ4n) is 5.95. The van der Waals surface area contributed by atoms with E-state index >= 15 is 0 Å². The molecule has 10 nitrogen and oxygen atoms in total. The third kappa shape index (κ3) is 12.1. The van der Waals surface area contributed by atoms with Crippen LogP contribution in [0.25, 0.3) is 11.1 Å². The monoisotopic (exact) mass is 745 g/mol. The minimum Gasteiger partial charge on any atom is -0.490 e. The molecule has 0 unspecified atom stereocenters. The maximum absolute atomic E-state index is 13.7. The van der Waals surface area contributed by atoms with E-state index in [2.05, 4.69) is 68.4 Å². The Labute approximate surface area is 317 Å². The molecule has 0 aliphatic heterocycles. The van der Waals surface area contributed by atoms with Gasteiger partial charge in [-0.3, -0.25) is 4.79 Å². The van der Waals surface area contributed by atoms with E-state index in [1.165, 1.54) is 20.5 Å². The van der Waals surface area contributed by atoms with Crippen LogP contribution in [0.3, 0.4) is 0 Å². The highest BCUT2D eigenvalue weighted by atomic mass is 28.4. The number of benzene rings is 2. The molecule has 0 bridgehead atoms. The molecule has 1 N–H and O–H groups in total. The van der Waals surface area contributed by atoms with Gasteiger partial charge in [0.05, 0.1) is 25.9 Å². The zero-order chi connectivity index (χ0) is 39.0. The Bertz CT molecular complexity index is 1690. The average Bonchev–Trinajstić information content (AvgIpc) is 3.08. The molecule has 1 aromatic heterocycles. The highest BCUT2D eigenvalue weighted by Crippen LogP contribution is 2.40. The standard InChI is InChI=1S/C42H59N3O7Si/c1-29(46)44-38-23-21-33(27-43-38)37(52-53(9,10)42(5,6)7)28-45(40(48)51-41(2,3)4)25-24-30-16-18-31(19-17-30)32-20-22-35(39(47)49-8)36(26-32)50-34-14-12-11-13-15-34/h16-23,26-27,34,37H,11-15,24-25,28H2,1-10H3,(H,43,44,46)/t37-/m1/s1. The zero-order valence-corrected chi connectivity index (χ0v) is 34.3. The Balaban J connectivity index is 1.57. The van der Waals surface area contributed by atoms with Crippen molar-refractivity contribution in [1.29, 1.82) is 0 Å². The predicted octanol–water partition coefficient (Wildman–Crippen LogP) is 9.75. The molecule has 1 heterocycles. The first-order valence-electron chi connectivity index (χ1n) is 18.7. The van der Waals surface area contributed by atoms with Crippen molar-refractivity contribution in [2.75, 3.05) is 25.5 Å². The number of carbonyl (C=O) groups is 3. The fourth-order valence-corrected chi connectivity index (χ4v) is 7.22. The van der Waals surface area contributed by atoms with Crippen molar-refractivity contribution in [3.05, 3.63) is 77.5 Å². The molecule has 288 valence electrons. The van der Waals surface area contributed by atoms with Crippen molar-refractivity contribution in [2.24, 2.45) is 0 Å². The number of esters is 1. The summed E-state index contributed by atoms with van der Waals surface area (Å²) in [7, 11) is -0.921. The van der Waals surface area contributed by atoms with Gasteiger partial charge in [0.1, 0.15) is 22.7 Å². The lowest BCUT2D eigenvalue weighted by atomic mass is 9.97. The Kier molecular flexibility index (Phi) is 13.9. The maximum Gasteiger partial charge on any atom is 0.410 e. The zero-order valence-electron chi connectivity index (χ0n) is 33.3. The number of methoxy groups -OCH3 is 1. The minimum absolute atomic E-state index is 0.0737. The van der Waals surface area contributed by atoms with Crippen LogP contribution < -0.4 is 10.1 Å². The van der Waals surface area contributed by atoms with Crippen molar-refractivity contribution >= 4 is 32.1 Å². The van der Waals surface area contributed by atoms with Gasteiger partial charge in [-0.15, -0.1) is 0 Å². The van der Waals surface area contributed by atoms with Crippen LogP contribution in [0.1, 0.15) is 108 Å². The number of anilines is 1. The fraction of sp³-hybridized carbons (Fsp3) is 0.524. The quantitative estimate of drug-likeness (QED) is 0.136. The van der Waals surface area contributed by atoms with Crippen molar-refractivity contribution in [2.45, 2.75) is 123 Å². The SMILES string of the molecule is COC(=O)c1ccc(-c2ccc(CCN(C[C@@H](O[Si](C)(C)C(C)(C)C)c3ccc(NC(C)=O)nc3)C(=O)OC(C)(C)C)cc2)cc1OC1CCCCC1. The molecule has 1 fully saturated rings. The highest BCUT2D eigenvalue weighted by Gasteiger charge is 2.40. The van der Waals surface area contributed by atoms with Gasteiger partial charge in [0.15, 0.2) is 8.32 Å². The molecular weight excluding hydrogens is 687 g/mol. The molecule has 53 heavy (non-hydrogen) atoms. The Morgan fingerprint density at radius 2 is 1.58 bits per heavy atom. The number of ether oxygens (including phenoxy) is 3. The van der Waals surface area contributed by atoms with Gasteiger partial charge in [-0.2, -0.15) is 0 Å². The van der Waals surface area contributed by atoms with Crippen LogP contribution in [0, 0.1) is 0 Å². The molecule has 1 saturated carbocycles. The van der Waals surface area contributed by atoms with Gasteiger partial charge in [0.25, 0.3) is 0 Å². The molecule has 0 radical (unpaired) electrons. The molecule has 3 aromatic rings. The first kappa shape index (κ1) is 41.5. The summed E-state index contributed by atoms with van der Waals surface area (Å²) in [5.41, 5.74) is 3.53. The van der Waals surface area contributed by atoms with Gasteiger partial charge in [0.2, 0.25) is 5.91 Å². The van der Waals surface area contributed by atoms with Gasteiger partial charge < -0.3 is 28.9 Å². The number of amides is 2. The van der Waals surface area contributed by atoms with Crippen molar-refractivity contribution in [1.82, 2.24) is 9.88 Å². The summed E-state index contributed by atoms with van der Waals surface area (Å²) >= 11 is 0. The molecule has 0 spiro atoms. The summed E-state index contributed by atoms with van der Waals surface area (Å²) in [5, 5.41) is 2.64. The lowest BCUT2D eigenvalue weighted by Gasteiger charge is -2.40. The highest BCUT2D eigenvalue weighted by molar-refractivity contribution is 6.74. The van der Waals surface area contributed by atoms with Gasteiger partial charge in [-0.25, -0.2) is 14.6 Å². The van der Waals surface area contributed by atoms with Gasteiger partial charge >= 0.3 is 12.1 Å². The molecular formula is C42H59N3O7Si. The molecule has 2 aromatic carbocycles. The van der Waals surface area contributed by atoms with Crippen LogP contribution in [0.4, 0.5) is 10.6 Å². The van der Waals surface area contributed by atoms with E-state index in [1.54, 1.807) is 23.2 Å². The normalized spacial score (nSPS) is 14.6. The van der Waals surface area contributed by atoms with Crippen LogP contribution in [-0.4, -0.2) is 68.1 Å². The van der Waals surface area contributed by atoms with Crippen LogP contribution in [0.5, 0.6) is 5.75 Å². The number of pyridine rings is 1. The van der Waals surface area contributed by atoms with E-state index < -0.39 is 32.1 Å². The van der Waals surface area contributed by atoms with Crippen molar-refractivity contribution in [3.63, 3.8) is 0 Å². The first-order chi connectivity index (χ1) is 24.8. The summed E-state index contributed by atoms with van der Waals surface area (Å²) in [6.07, 6.45) is 6.91. The maximum atomic E-state index is 13.7. The number of hydrogen-bond donors (Lipinski definition) is 1. The first-order valence-corrected chi connectivity index (χ1v) is 21.6. The van der Waals surface area contributed by atoms with Gasteiger partial charge in [-0.05, 0) is 111 Å². The van der Waals surface area contributed by atoms with Crippen LogP contribution in [0.15, 0.2) is 60.8 Å². The second kappa shape index (κ2) is 17.7. The molecule has 1 aliphatic carbocycles. The summed E-state index contributed by atoms with van der Waals surface area (Å²) in [5.74, 6) is 0.385.